The fourth-order valence-corrected chi connectivity index (χ4v) is 3.48. The number of rotatable bonds is 8. The predicted octanol–water partition coefficient (Wildman–Crippen LogP) is 4.19. The second-order valence-corrected chi connectivity index (χ2v) is 7.22. The quantitative estimate of drug-likeness (QED) is 0.656. The van der Waals surface area contributed by atoms with Gasteiger partial charge < -0.3 is 20.1 Å². The Morgan fingerprint density at radius 2 is 1.48 bits per heavy atom. The third-order valence-corrected chi connectivity index (χ3v) is 5.50. The topological polar surface area (TPSA) is 76.7 Å². The van der Waals surface area contributed by atoms with Gasteiger partial charge in [-0.3, -0.25) is 9.59 Å². The van der Waals surface area contributed by atoms with Gasteiger partial charge in [-0.25, -0.2) is 0 Å². The molecule has 2 aromatic carbocycles. The third kappa shape index (κ3) is 4.06. The number of nitrogens with one attached hydrogen (secondary N) is 2. The lowest BCUT2D eigenvalue weighted by Crippen LogP contribution is -2.36. The molecule has 0 aliphatic heterocycles. The van der Waals surface area contributed by atoms with Crippen LogP contribution in [0.3, 0.4) is 0 Å². The largest absolute Gasteiger partial charge is 0.493 e. The average molecular weight is 396 g/mol. The lowest BCUT2D eigenvalue weighted by molar-refractivity contribution is -0.131. The van der Waals surface area contributed by atoms with Crippen LogP contribution >= 0.6 is 0 Å². The van der Waals surface area contributed by atoms with Crippen LogP contribution in [0.25, 0.3) is 0 Å². The first-order valence-electron chi connectivity index (χ1n) is 9.94. The monoisotopic (exact) mass is 396 g/mol. The maximum Gasteiger partial charge on any atom is 0.240 e. The van der Waals surface area contributed by atoms with Crippen molar-refractivity contribution in [1.29, 1.82) is 0 Å². The first-order chi connectivity index (χ1) is 14.0. The number of benzene rings is 2. The molecule has 0 bridgehead atoms. The summed E-state index contributed by atoms with van der Waals surface area (Å²) in [5.41, 5.74) is 2.53. The van der Waals surface area contributed by atoms with Gasteiger partial charge in [-0.15, -0.1) is 0 Å². The molecular formula is C23H28N2O4. The second-order valence-electron chi connectivity index (χ2n) is 7.22. The molecule has 6 nitrogen and oxygen atoms in total. The molecule has 2 amide bonds. The van der Waals surface area contributed by atoms with E-state index in [4.69, 9.17) is 9.47 Å². The summed E-state index contributed by atoms with van der Waals surface area (Å²) in [6.07, 6.45) is 2.70. The highest BCUT2D eigenvalue weighted by Crippen LogP contribution is 2.48. The van der Waals surface area contributed by atoms with Gasteiger partial charge in [0.05, 0.1) is 14.2 Å². The average Bonchev–Trinajstić information content (AvgIpc) is 3.56. The van der Waals surface area contributed by atoms with Crippen molar-refractivity contribution in [3.05, 3.63) is 47.5 Å². The van der Waals surface area contributed by atoms with E-state index in [9.17, 15) is 9.59 Å². The number of carbonyl (C=O) groups excluding carboxylic acids is 2. The molecule has 6 heteroatoms. The molecule has 3 rings (SSSR count). The SMILES string of the molecule is CCc1cccc(CC)c1NC(=O)C1(C(=O)Nc2ccc(OC)c(OC)c2)CC1. The highest BCUT2D eigenvalue weighted by molar-refractivity contribution is 6.17. The molecule has 29 heavy (non-hydrogen) atoms. The molecule has 0 radical (unpaired) electrons. The van der Waals surface area contributed by atoms with E-state index in [-0.39, 0.29) is 11.8 Å². The lowest BCUT2D eigenvalue weighted by Gasteiger charge is -2.19. The first-order valence-corrected chi connectivity index (χ1v) is 9.94. The van der Waals surface area contributed by atoms with E-state index in [0.717, 1.165) is 29.7 Å². The summed E-state index contributed by atoms with van der Waals surface area (Å²) >= 11 is 0. The lowest BCUT2D eigenvalue weighted by atomic mass is 10.0. The maximum atomic E-state index is 13.1. The number of amides is 2. The summed E-state index contributed by atoms with van der Waals surface area (Å²) in [6.45, 7) is 4.11. The summed E-state index contributed by atoms with van der Waals surface area (Å²) in [5.74, 6) is 0.553. The summed E-state index contributed by atoms with van der Waals surface area (Å²) in [5, 5.41) is 5.91. The number of ether oxygens (including phenoxy) is 2. The van der Waals surface area contributed by atoms with Gasteiger partial charge in [0.25, 0.3) is 0 Å². The van der Waals surface area contributed by atoms with Gasteiger partial charge in [0.1, 0.15) is 5.41 Å². The Morgan fingerprint density at radius 1 is 0.897 bits per heavy atom. The highest BCUT2D eigenvalue weighted by atomic mass is 16.5. The van der Waals surface area contributed by atoms with Gasteiger partial charge >= 0.3 is 0 Å². The molecule has 1 fully saturated rings. The zero-order chi connectivity index (χ0) is 21.0. The maximum absolute atomic E-state index is 13.1. The molecule has 0 unspecified atom stereocenters. The summed E-state index contributed by atoms with van der Waals surface area (Å²) in [6, 6.07) is 11.2. The van der Waals surface area contributed by atoms with Gasteiger partial charge in [-0.05, 0) is 48.9 Å². The van der Waals surface area contributed by atoms with Gasteiger partial charge in [-0.1, -0.05) is 32.0 Å². The number of carbonyl (C=O) groups is 2. The summed E-state index contributed by atoms with van der Waals surface area (Å²) in [4.78, 5) is 26.0. The standard InChI is InChI=1S/C23H28N2O4/c1-5-15-8-7-9-16(6-2)20(15)25-22(27)23(12-13-23)21(26)24-17-10-11-18(28-3)19(14-17)29-4/h7-11,14H,5-6,12-13H2,1-4H3,(H,24,26)(H,25,27). The van der Waals surface area contributed by atoms with Crippen LogP contribution in [-0.2, 0) is 22.4 Å². The van der Waals surface area contributed by atoms with Crippen LogP contribution in [0, 0.1) is 5.41 Å². The minimum atomic E-state index is -1.03. The van der Waals surface area contributed by atoms with Crippen molar-refractivity contribution in [3.8, 4) is 11.5 Å². The van der Waals surface area contributed by atoms with Gasteiger partial charge in [0.2, 0.25) is 11.8 Å². The smallest absolute Gasteiger partial charge is 0.240 e. The van der Waals surface area contributed by atoms with Gasteiger partial charge in [-0.2, -0.15) is 0 Å². The van der Waals surface area contributed by atoms with E-state index in [1.807, 2.05) is 18.2 Å². The van der Waals surface area contributed by atoms with Gasteiger partial charge in [0, 0.05) is 17.4 Å². The minimum absolute atomic E-state index is 0.244. The molecule has 154 valence electrons. The second kappa shape index (κ2) is 8.55. The molecule has 0 atom stereocenters. The molecule has 1 saturated carbocycles. The number of aryl methyl sites for hydroxylation is 2. The molecule has 1 aliphatic carbocycles. The van der Waals surface area contributed by atoms with Crippen LogP contribution in [0.5, 0.6) is 11.5 Å². The van der Waals surface area contributed by atoms with Crippen LogP contribution in [-0.4, -0.2) is 26.0 Å². The van der Waals surface area contributed by atoms with Crippen LogP contribution < -0.4 is 20.1 Å². The van der Waals surface area contributed by atoms with E-state index in [1.54, 1.807) is 25.3 Å². The number of hydrogen-bond donors (Lipinski definition) is 2. The predicted molar refractivity (Wildman–Crippen MR) is 114 cm³/mol. The molecule has 0 heterocycles. The van der Waals surface area contributed by atoms with E-state index in [0.29, 0.717) is 30.0 Å². The van der Waals surface area contributed by atoms with Crippen molar-refractivity contribution in [1.82, 2.24) is 0 Å². The Labute approximate surface area is 171 Å². The summed E-state index contributed by atoms with van der Waals surface area (Å²) in [7, 11) is 3.09. The van der Waals surface area contributed by atoms with Crippen molar-refractivity contribution in [2.75, 3.05) is 24.9 Å². The van der Waals surface area contributed by atoms with Crippen LogP contribution in [0.1, 0.15) is 37.8 Å². The van der Waals surface area contributed by atoms with Crippen LogP contribution in [0.4, 0.5) is 11.4 Å². The Hall–Kier alpha value is -3.02. The number of anilines is 2. The zero-order valence-corrected chi connectivity index (χ0v) is 17.4. The third-order valence-electron chi connectivity index (χ3n) is 5.50. The Morgan fingerprint density at radius 3 is 2.00 bits per heavy atom. The fraction of sp³-hybridized carbons (Fsp3) is 0.391. The molecule has 2 aromatic rings. The van der Waals surface area contributed by atoms with Crippen molar-refractivity contribution < 1.29 is 19.1 Å². The Balaban J connectivity index is 1.78. The van der Waals surface area contributed by atoms with E-state index >= 15 is 0 Å². The molecule has 1 aliphatic rings. The van der Waals surface area contributed by atoms with Crippen molar-refractivity contribution in [2.45, 2.75) is 39.5 Å². The van der Waals surface area contributed by atoms with Gasteiger partial charge in [0.15, 0.2) is 11.5 Å². The van der Waals surface area contributed by atoms with Crippen molar-refractivity contribution >= 4 is 23.2 Å². The zero-order valence-electron chi connectivity index (χ0n) is 17.4. The Bertz CT molecular complexity index is 897. The number of methoxy groups -OCH3 is 2. The molecule has 0 saturated heterocycles. The first kappa shape index (κ1) is 20.7. The molecular weight excluding hydrogens is 368 g/mol. The fourth-order valence-electron chi connectivity index (χ4n) is 3.48. The number of hydrogen-bond acceptors (Lipinski definition) is 4. The van der Waals surface area contributed by atoms with Crippen LogP contribution in [0.15, 0.2) is 36.4 Å². The normalized spacial score (nSPS) is 14.1. The van der Waals surface area contributed by atoms with Crippen molar-refractivity contribution in [3.63, 3.8) is 0 Å². The summed E-state index contributed by atoms with van der Waals surface area (Å²) < 4.78 is 10.5. The molecule has 2 N–H and O–H groups in total. The highest BCUT2D eigenvalue weighted by Gasteiger charge is 2.56. The van der Waals surface area contributed by atoms with Crippen LogP contribution in [0.2, 0.25) is 0 Å². The molecule has 0 aromatic heterocycles. The van der Waals surface area contributed by atoms with E-state index in [1.165, 1.54) is 7.11 Å². The Kier molecular flexibility index (Phi) is 6.11. The van der Waals surface area contributed by atoms with E-state index < -0.39 is 5.41 Å². The van der Waals surface area contributed by atoms with Crippen molar-refractivity contribution in [2.24, 2.45) is 5.41 Å². The minimum Gasteiger partial charge on any atom is -0.493 e. The number of para-hydroxylation sites is 1. The van der Waals surface area contributed by atoms with E-state index in [2.05, 4.69) is 24.5 Å². The molecule has 0 spiro atoms.